The quantitative estimate of drug-likeness (QED) is 0.604. The van der Waals surface area contributed by atoms with E-state index < -0.39 is 16.6 Å². The van der Waals surface area contributed by atoms with Gasteiger partial charge in [-0.05, 0) is 42.2 Å². The second-order valence-corrected chi connectivity index (χ2v) is 5.71. The fourth-order valence-electron chi connectivity index (χ4n) is 2.08. The van der Waals surface area contributed by atoms with Crippen molar-refractivity contribution in [3.63, 3.8) is 0 Å². The molecule has 2 rings (SSSR count). The lowest BCUT2D eigenvalue weighted by molar-refractivity contribution is -0.138. The number of hydrogen-bond acceptors (Lipinski definition) is 0. The molecule has 0 heterocycles. The van der Waals surface area contributed by atoms with Gasteiger partial charge in [0.25, 0.3) is 0 Å². The predicted octanol–water partition coefficient (Wildman–Crippen LogP) is 5.81. The smallest absolute Gasteiger partial charge is 0.166 e. The van der Waals surface area contributed by atoms with Gasteiger partial charge in [-0.3, -0.25) is 0 Å². The van der Waals surface area contributed by atoms with Crippen LogP contribution in [-0.2, 0) is 6.18 Å². The molecule has 0 aliphatic heterocycles. The molecule has 0 N–H and O–H groups in total. The lowest BCUT2D eigenvalue weighted by atomic mass is 9.97. The maximum Gasteiger partial charge on any atom is 0.416 e. The van der Waals surface area contributed by atoms with Crippen LogP contribution in [0.3, 0.4) is 0 Å². The summed E-state index contributed by atoms with van der Waals surface area (Å²) in [6.07, 6.45) is -4.34. The Morgan fingerprint density at radius 1 is 0.950 bits per heavy atom. The van der Waals surface area contributed by atoms with Crippen LogP contribution in [0.4, 0.5) is 13.2 Å². The van der Waals surface area contributed by atoms with E-state index in [-0.39, 0.29) is 5.56 Å². The monoisotopic (exact) mass is 342 g/mol. The number of hydrogen-bond donors (Lipinski definition) is 0. The second-order valence-electron chi connectivity index (χ2n) is 4.79. The number of benzene rings is 2. The Hall–Kier alpha value is -1.29. The Labute approximate surface area is 124 Å². The molecule has 106 valence electrons. The summed E-state index contributed by atoms with van der Waals surface area (Å²) in [5.74, 6) is 0. The first-order chi connectivity index (χ1) is 9.30. The van der Waals surface area contributed by atoms with E-state index in [1.807, 2.05) is 32.0 Å². The van der Waals surface area contributed by atoms with E-state index in [2.05, 4.69) is 15.9 Å². The van der Waals surface area contributed by atoms with Crippen molar-refractivity contribution in [2.24, 2.45) is 0 Å². The molecule has 0 aliphatic rings. The molecule has 0 radical (unpaired) electrons. The summed E-state index contributed by atoms with van der Waals surface area (Å²) in [4.78, 5) is -0.473. The first-order valence-electron chi connectivity index (χ1n) is 6.18. The van der Waals surface area contributed by atoms with Gasteiger partial charge in [0.1, 0.15) is 0 Å². The van der Waals surface area contributed by atoms with Gasteiger partial charge in [0.15, 0.2) is 0 Å². The largest absolute Gasteiger partial charge is 0.416 e. The van der Waals surface area contributed by atoms with Crippen molar-refractivity contribution in [2.75, 3.05) is 0 Å². The van der Waals surface area contributed by atoms with Crippen molar-refractivity contribution < 1.29 is 13.2 Å². The number of halogens is 4. The van der Waals surface area contributed by atoms with Crippen molar-refractivity contribution in [3.8, 4) is 0 Å². The van der Waals surface area contributed by atoms with Gasteiger partial charge in [-0.2, -0.15) is 13.2 Å². The third-order valence-electron chi connectivity index (χ3n) is 3.36. The molecule has 0 nitrogen and oxygen atoms in total. The minimum atomic E-state index is -4.34. The zero-order valence-corrected chi connectivity index (χ0v) is 12.7. The van der Waals surface area contributed by atoms with Crippen molar-refractivity contribution in [3.05, 3.63) is 70.3 Å². The van der Waals surface area contributed by atoms with Crippen LogP contribution < -0.4 is 0 Å². The minimum Gasteiger partial charge on any atom is -0.166 e. The van der Waals surface area contributed by atoms with E-state index in [4.69, 9.17) is 0 Å². The maximum absolute atomic E-state index is 13.0. The average molecular weight is 343 g/mol. The molecule has 1 unspecified atom stereocenters. The summed E-state index contributed by atoms with van der Waals surface area (Å²) in [6.45, 7) is 3.93. The Morgan fingerprint density at radius 3 is 2.20 bits per heavy atom. The lowest BCUT2D eigenvalue weighted by Crippen LogP contribution is -2.10. The highest BCUT2D eigenvalue weighted by Crippen LogP contribution is 2.40. The van der Waals surface area contributed by atoms with Crippen LogP contribution in [0.2, 0.25) is 0 Å². The number of alkyl halides is 4. The van der Waals surface area contributed by atoms with Crippen LogP contribution in [0, 0.1) is 13.8 Å². The minimum absolute atomic E-state index is 0.239. The van der Waals surface area contributed by atoms with Gasteiger partial charge in [-0.1, -0.05) is 52.3 Å². The molecule has 1 atom stereocenters. The van der Waals surface area contributed by atoms with Crippen LogP contribution in [0.1, 0.15) is 32.6 Å². The van der Waals surface area contributed by atoms with Crippen molar-refractivity contribution in [1.82, 2.24) is 0 Å². The third-order valence-corrected chi connectivity index (χ3v) is 4.38. The van der Waals surface area contributed by atoms with Crippen molar-refractivity contribution >= 4 is 15.9 Å². The summed E-state index contributed by atoms with van der Waals surface area (Å²) < 4.78 is 39.1. The SMILES string of the molecule is Cc1ccc(C(Br)c2ccccc2C(F)(F)F)cc1C. The molecule has 0 bridgehead atoms. The van der Waals surface area contributed by atoms with Gasteiger partial charge < -0.3 is 0 Å². The van der Waals surface area contributed by atoms with E-state index in [1.165, 1.54) is 12.1 Å². The normalized spacial score (nSPS) is 13.3. The highest BCUT2D eigenvalue weighted by Gasteiger charge is 2.34. The first-order valence-corrected chi connectivity index (χ1v) is 7.09. The fraction of sp³-hybridized carbons (Fsp3) is 0.250. The summed E-state index contributed by atoms with van der Waals surface area (Å²) in [7, 11) is 0. The molecule has 2 aromatic rings. The van der Waals surface area contributed by atoms with Crippen LogP contribution in [0.25, 0.3) is 0 Å². The number of rotatable bonds is 2. The fourth-order valence-corrected chi connectivity index (χ4v) is 2.76. The topological polar surface area (TPSA) is 0 Å². The molecular formula is C16H14BrF3. The molecule has 0 aromatic heterocycles. The van der Waals surface area contributed by atoms with Gasteiger partial charge in [-0.15, -0.1) is 0 Å². The van der Waals surface area contributed by atoms with E-state index in [1.54, 1.807) is 6.07 Å². The zero-order valence-electron chi connectivity index (χ0n) is 11.1. The predicted molar refractivity (Wildman–Crippen MR) is 78.1 cm³/mol. The van der Waals surface area contributed by atoms with Gasteiger partial charge >= 0.3 is 6.18 Å². The van der Waals surface area contributed by atoms with E-state index in [0.29, 0.717) is 0 Å². The lowest BCUT2D eigenvalue weighted by Gasteiger charge is -2.18. The molecular weight excluding hydrogens is 329 g/mol. The van der Waals surface area contributed by atoms with Crippen LogP contribution in [0.15, 0.2) is 42.5 Å². The van der Waals surface area contributed by atoms with Gasteiger partial charge in [-0.25, -0.2) is 0 Å². The molecule has 0 amide bonds. The van der Waals surface area contributed by atoms with Gasteiger partial charge in [0.2, 0.25) is 0 Å². The van der Waals surface area contributed by atoms with Crippen LogP contribution in [-0.4, -0.2) is 0 Å². The highest BCUT2D eigenvalue weighted by molar-refractivity contribution is 9.09. The number of aryl methyl sites for hydroxylation is 2. The average Bonchev–Trinajstić information content (AvgIpc) is 2.40. The third kappa shape index (κ3) is 3.06. The van der Waals surface area contributed by atoms with Crippen molar-refractivity contribution in [2.45, 2.75) is 24.9 Å². The zero-order chi connectivity index (χ0) is 14.9. The molecule has 0 aliphatic carbocycles. The molecule has 20 heavy (non-hydrogen) atoms. The summed E-state index contributed by atoms with van der Waals surface area (Å²) in [6, 6.07) is 11.4. The summed E-state index contributed by atoms with van der Waals surface area (Å²) >= 11 is 3.40. The van der Waals surface area contributed by atoms with E-state index >= 15 is 0 Å². The second kappa shape index (κ2) is 5.60. The molecule has 0 spiro atoms. The molecule has 0 saturated carbocycles. The van der Waals surface area contributed by atoms with E-state index in [9.17, 15) is 13.2 Å². The van der Waals surface area contributed by atoms with Gasteiger partial charge in [0.05, 0.1) is 10.4 Å². The standard InChI is InChI=1S/C16H14BrF3/c1-10-7-8-12(9-11(10)2)15(17)13-5-3-4-6-14(13)16(18,19)20/h3-9,15H,1-2H3. The van der Waals surface area contributed by atoms with Crippen LogP contribution in [0.5, 0.6) is 0 Å². The van der Waals surface area contributed by atoms with Crippen molar-refractivity contribution in [1.29, 1.82) is 0 Å². The Morgan fingerprint density at radius 2 is 1.60 bits per heavy atom. The van der Waals surface area contributed by atoms with Crippen LogP contribution >= 0.6 is 15.9 Å². The molecule has 0 fully saturated rings. The Bertz CT molecular complexity index is 617. The highest BCUT2D eigenvalue weighted by atomic mass is 79.9. The molecule has 2 aromatic carbocycles. The molecule has 4 heteroatoms. The maximum atomic E-state index is 13.0. The Balaban J connectivity index is 2.48. The van der Waals surface area contributed by atoms with Gasteiger partial charge in [0, 0.05) is 0 Å². The summed E-state index contributed by atoms with van der Waals surface area (Å²) in [5, 5.41) is 0. The first kappa shape index (κ1) is 15.1. The Kier molecular flexibility index (Phi) is 4.23. The van der Waals surface area contributed by atoms with E-state index in [0.717, 1.165) is 22.8 Å². The summed E-state index contributed by atoms with van der Waals surface area (Å²) in [5.41, 5.74) is 2.65. The molecule has 0 saturated heterocycles.